The van der Waals surface area contributed by atoms with Gasteiger partial charge in [0.15, 0.2) is 0 Å². The third-order valence-electron chi connectivity index (χ3n) is 3.05. The molecule has 0 aliphatic rings. The molecular formula is C16H15Cl2NO3S. The maximum Gasteiger partial charge on any atom is 0.341 e. The van der Waals surface area contributed by atoms with E-state index in [2.05, 4.69) is 5.32 Å². The highest BCUT2D eigenvalue weighted by Crippen LogP contribution is 2.31. The first kappa shape index (κ1) is 17.8. The summed E-state index contributed by atoms with van der Waals surface area (Å²) in [5.74, 6) is -0.886. The Labute approximate surface area is 148 Å². The molecule has 1 heterocycles. The van der Waals surface area contributed by atoms with Crippen LogP contribution in [0.5, 0.6) is 0 Å². The second-order valence-corrected chi connectivity index (χ2v) is 6.51. The number of carbonyl (C=O) groups excluding carboxylic acids is 2. The number of amides is 1. The van der Waals surface area contributed by atoms with E-state index in [0.717, 1.165) is 11.3 Å². The van der Waals surface area contributed by atoms with Crippen LogP contribution in [0.1, 0.15) is 39.4 Å². The standard InChI is InChI=1S/C16H15Cl2NO3S/c1-3-9-8-11(16(21)22-4-2)15(23-9)19-14(20)10-6-5-7-12(17)13(10)18/h5-8H,3-4H2,1-2H3,(H,19,20). The molecule has 1 aromatic heterocycles. The number of carbonyl (C=O) groups is 2. The second kappa shape index (κ2) is 7.81. The van der Waals surface area contributed by atoms with Crippen molar-refractivity contribution >= 4 is 51.4 Å². The minimum absolute atomic E-state index is 0.177. The topological polar surface area (TPSA) is 55.4 Å². The average molecular weight is 372 g/mol. The zero-order valence-corrected chi connectivity index (χ0v) is 14.9. The first-order chi connectivity index (χ1) is 11.0. The number of ether oxygens (including phenoxy) is 1. The van der Waals surface area contributed by atoms with Gasteiger partial charge in [-0.25, -0.2) is 4.79 Å². The summed E-state index contributed by atoms with van der Waals surface area (Å²) in [7, 11) is 0. The first-order valence-corrected chi connectivity index (χ1v) is 8.60. The van der Waals surface area contributed by atoms with Gasteiger partial charge in [-0.05, 0) is 31.5 Å². The molecule has 0 aliphatic carbocycles. The van der Waals surface area contributed by atoms with Crippen LogP contribution in [0.3, 0.4) is 0 Å². The van der Waals surface area contributed by atoms with Crippen molar-refractivity contribution in [3.8, 4) is 0 Å². The van der Waals surface area contributed by atoms with E-state index in [0.29, 0.717) is 15.6 Å². The van der Waals surface area contributed by atoms with Gasteiger partial charge in [-0.15, -0.1) is 11.3 Å². The molecule has 2 rings (SSSR count). The van der Waals surface area contributed by atoms with E-state index in [4.69, 9.17) is 27.9 Å². The Hall–Kier alpha value is -1.56. The average Bonchev–Trinajstić information content (AvgIpc) is 2.93. The summed E-state index contributed by atoms with van der Waals surface area (Å²) in [5, 5.41) is 3.64. The molecule has 4 nitrogen and oxygen atoms in total. The third kappa shape index (κ3) is 4.05. The number of thiophene rings is 1. The zero-order chi connectivity index (χ0) is 17.0. The Balaban J connectivity index is 2.32. The minimum Gasteiger partial charge on any atom is -0.462 e. The highest BCUT2D eigenvalue weighted by atomic mass is 35.5. The molecule has 0 saturated carbocycles. The van der Waals surface area contributed by atoms with Crippen LogP contribution in [0.2, 0.25) is 10.0 Å². The summed E-state index contributed by atoms with van der Waals surface area (Å²) in [6, 6.07) is 6.55. The molecule has 7 heteroatoms. The molecule has 2 aromatic rings. The van der Waals surface area contributed by atoms with E-state index in [1.165, 1.54) is 11.3 Å². The van der Waals surface area contributed by atoms with Crippen LogP contribution >= 0.6 is 34.5 Å². The van der Waals surface area contributed by atoms with Crippen LogP contribution in [0, 0.1) is 0 Å². The zero-order valence-electron chi connectivity index (χ0n) is 12.6. The van der Waals surface area contributed by atoms with E-state index in [1.807, 2.05) is 6.92 Å². The summed E-state index contributed by atoms with van der Waals surface area (Å²) in [5.41, 5.74) is 0.598. The van der Waals surface area contributed by atoms with Crippen LogP contribution in [-0.4, -0.2) is 18.5 Å². The maximum absolute atomic E-state index is 12.4. The Morgan fingerprint density at radius 1 is 1.22 bits per heavy atom. The third-order valence-corrected chi connectivity index (χ3v) is 5.06. The maximum atomic E-state index is 12.4. The molecule has 1 amide bonds. The minimum atomic E-state index is -0.462. The molecule has 0 atom stereocenters. The molecule has 1 N–H and O–H groups in total. The number of nitrogens with one attached hydrogen (secondary N) is 1. The number of benzene rings is 1. The van der Waals surface area contributed by atoms with Gasteiger partial charge in [-0.2, -0.15) is 0 Å². The molecule has 0 saturated heterocycles. The number of aryl methyl sites for hydroxylation is 1. The largest absolute Gasteiger partial charge is 0.462 e. The van der Waals surface area contributed by atoms with E-state index < -0.39 is 11.9 Å². The van der Waals surface area contributed by atoms with Gasteiger partial charge in [-0.3, -0.25) is 4.79 Å². The molecule has 0 fully saturated rings. The summed E-state index contributed by atoms with van der Waals surface area (Å²) in [6.45, 7) is 3.97. The predicted octanol–water partition coefficient (Wildman–Crippen LogP) is 5.05. The SMILES string of the molecule is CCOC(=O)c1cc(CC)sc1NC(=O)c1cccc(Cl)c1Cl. The van der Waals surface area contributed by atoms with Gasteiger partial charge in [0.25, 0.3) is 5.91 Å². The lowest BCUT2D eigenvalue weighted by molar-refractivity contribution is 0.0528. The molecule has 122 valence electrons. The van der Waals surface area contributed by atoms with E-state index in [1.54, 1.807) is 31.2 Å². The van der Waals surface area contributed by atoms with Gasteiger partial charge in [-0.1, -0.05) is 36.2 Å². The summed E-state index contributed by atoms with van der Waals surface area (Å²) in [6.07, 6.45) is 0.755. The normalized spacial score (nSPS) is 10.4. The van der Waals surface area contributed by atoms with Gasteiger partial charge >= 0.3 is 5.97 Å². The van der Waals surface area contributed by atoms with Crippen molar-refractivity contribution in [3.05, 3.63) is 50.3 Å². The summed E-state index contributed by atoms with van der Waals surface area (Å²) >= 11 is 13.3. The highest BCUT2D eigenvalue weighted by molar-refractivity contribution is 7.16. The van der Waals surface area contributed by atoms with Crippen molar-refractivity contribution in [2.24, 2.45) is 0 Å². The molecule has 1 aromatic carbocycles. The van der Waals surface area contributed by atoms with Crippen LogP contribution in [0.25, 0.3) is 0 Å². The lowest BCUT2D eigenvalue weighted by atomic mass is 10.2. The van der Waals surface area contributed by atoms with Crippen molar-refractivity contribution in [1.82, 2.24) is 0 Å². The predicted molar refractivity (Wildman–Crippen MR) is 94.1 cm³/mol. The quantitative estimate of drug-likeness (QED) is 0.748. The molecule has 23 heavy (non-hydrogen) atoms. The molecule has 0 radical (unpaired) electrons. The van der Waals surface area contributed by atoms with Crippen LogP contribution in [0.4, 0.5) is 5.00 Å². The number of rotatable bonds is 5. The Morgan fingerprint density at radius 2 is 1.96 bits per heavy atom. The van der Waals surface area contributed by atoms with Crippen molar-refractivity contribution in [1.29, 1.82) is 0 Å². The van der Waals surface area contributed by atoms with Crippen molar-refractivity contribution in [3.63, 3.8) is 0 Å². The molecule has 0 unspecified atom stereocenters. The van der Waals surface area contributed by atoms with Gasteiger partial charge in [0.05, 0.1) is 27.8 Å². The number of anilines is 1. The number of halogens is 2. The summed E-state index contributed by atoms with van der Waals surface area (Å²) in [4.78, 5) is 25.4. The fraction of sp³-hybridized carbons (Fsp3) is 0.250. The van der Waals surface area contributed by atoms with Gasteiger partial charge in [0, 0.05) is 4.88 Å². The fourth-order valence-electron chi connectivity index (χ4n) is 1.92. The second-order valence-electron chi connectivity index (χ2n) is 4.59. The highest BCUT2D eigenvalue weighted by Gasteiger charge is 2.20. The van der Waals surface area contributed by atoms with Crippen molar-refractivity contribution in [2.75, 3.05) is 11.9 Å². The van der Waals surface area contributed by atoms with E-state index in [9.17, 15) is 9.59 Å². The van der Waals surface area contributed by atoms with Gasteiger partial charge in [0.2, 0.25) is 0 Å². The van der Waals surface area contributed by atoms with E-state index in [-0.39, 0.29) is 17.2 Å². The molecule has 0 spiro atoms. The fourth-order valence-corrected chi connectivity index (χ4v) is 3.28. The number of hydrogen-bond donors (Lipinski definition) is 1. The lowest BCUT2D eigenvalue weighted by Crippen LogP contribution is -2.14. The van der Waals surface area contributed by atoms with Crippen LogP contribution < -0.4 is 5.32 Å². The van der Waals surface area contributed by atoms with E-state index >= 15 is 0 Å². The van der Waals surface area contributed by atoms with Gasteiger partial charge < -0.3 is 10.1 Å². The van der Waals surface area contributed by atoms with Gasteiger partial charge in [0.1, 0.15) is 5.00 Å². The summed E-state index contributed by atoms with van der Waals surface area (Å²) < 4.78 is 5.03. The Morgan fingerprint density at radius 3 is 2.61 bits per heavy atom. The van der Waals surface area contributed by atoms with Crippen LogP contribution in [-0.2, 0) is 11.2 Å². The number of esters is 1. The molecule has 0 bridgehead atoms. The smallest absolute Gasteiger partial charge is 0.341 e. The lowest BCUT2D eigenvalue weighted by Gasteiger charge is -2.08. The Bertz CT molecular complexity index is 743. The number of hydrogen-bond acceptors (Lipinski definition) is 4. The Kier molecular flexibility index (Phi) is 6.04. The molecule has 0 aliphatic heterocycles. The first-order valence-electron chi connectivity index (χ1n) is 7.03. The van der Waals surface area contributed by atoms with Crippen molar-refractivity contribution < 1.29 is 14.3 Å². The van der Waals surface area contributed by atoms with Crippen LogP contribution in [0.15, 0.2) is 24.3 Å². The van der Waals surface area contributed by atoms with Crippen molar-refractivity contribution in [2.45, 2.75) is 20.3 Å². The monoisotopic (exact) mass is 371 g/mol. The molecular weight excluding hydrogens is 357 g/mol.